The lowest BCUT2D eigenvalue weighted by Crippen LogP contribution is -2.11. The highest BCUT2D eigenvalue weighted by atomic mass is 32.1. The van der Waals surface area contributed by atoms with Crippen molar-refractivity contribution in [3.8, 4) is 0 Å². The molecule has 0 spiro atoms. The minimum atomic E-state index is -0.261. The largest absolute Gasteiger partial charge is 0.351 e. The molecule has 2 aliphatic rings. The van der Waals surface area contributed by atoms with Gasteiger partial charge in [0, 0.05) is 17.1 Å². The molecule has 2 aliphatic carbocycles. The Morgan fingerprint density at radius 3 is 2.44 bits per heavy atom. The molecule has 2 aromatic carbocycles. The summed E-state index contributed by atoms with van der Waals surface area (Å²) in [6.45, 7) is 0.458. The first-order valence-corrected chi connectivity index (χ1v) is 9.78. The van der Waals surface area contributed by atoms with Gasteiger partial charge in [0.2, 0.25) is 0 Å². The fourth-order valence-electron chi connectivity index (χ4n) is 3.98. The van der Waals surface area contributed by atoms with E-state index in [0.717, 1.165) is 41.8 Å². The van der Waals surface area contributed by atoms with E-state index in [9.17, 15) is 4.79 Å². The van der Waals surface area contributed by atoms with Gasteiger partial charge in [-0.05, 0) is 72.4 Å². The number of nitrogens with one attached hydrogen (secondary N) is 1. The molecule has 2 aromatic rings. The Morgan fingerprint density at radius 1 is 1.08 bits per heavy atom. The Bertz CT molecular complexity index is 828. The molecule has 25 heavy (non-hydrogen) atoms. The molecular weight excluding hydrogens is 330 g/mol. The number of nitrogens with zero attached hydrogens (tertiary/aromatic N) is 1. The molecule has 4 rings (SSSR count). The van der Waals surface area contributed by atoms with E-state index in [-0.39, 0.29) is 6.03 Å². The topological polar surface area (TPSA) is 67.5 Å². The second-order valence-electron chi connectivity index (χ2n) is 6.70. The maximum atomic E-state index is 12.5. The van der Waals surface area contributed by atoms with Gasteiger partial charge >= 0.3 is 6.03 Å². The van der Waals surface area contributed by atoms with Gasteiger partial charge in [-0.3, -0.25) is 0 Å². The molecule has 3 N–H and O–H groups in total. The molecule has 2 amide bonds. The Hall–Kier alpha value is -1.98. The number of nitrogens with two attached hydrogens (primary N) is 1. The van der Waals surface area contributed by atoms with Crippen molar-refractivity contribution >= 4 is 23.3 Å². The Labute approximate surface area is 152 Å². The predicted molar refractivity (Wildman–Crippen MR) is 103 cm³/mol. The highest BCUT2D eigenvalue weighted by molar-refractivity contribution is 7.68. The molecule has 0 bridgehead atoms. The predicted octanol–water partition coefficient (Wildman–Crippen LogP) is 3.71. The molecule has 0 unspecified atom stereocenters. The summed E-state index contributed by atoms with van der Waals surface area (Å²) >= 11 is 0.647. The summed E-state index contributed by atoms with van der Waals surface area (Å²) in [4.78, 5) is 13.5. The highest BCUT2D eigenvalue weighted by Gasteiger charge is 2.24. The Kier molecular flexibility index (Phi) is 4.68. The number of anilines is 1. The minimum absolute atomic E-state index is 0.261. The van der Waals surface area contributed by atoms with Crippen LogP contribution in [0.15, 0.2) is 39.6 Å². The maximum absolute atomic E-state index is 12.5. The van der Waals surface area contributed by atoms with Gasteiger partial charge in [0.15, 0.2) is 0 Å². The fraction of sp³-hybridized carbons (Fsp3) is 0.350. The van der Waals surface area contributed by atoms with Gasteiger partial charge in [0.05, 0.1) is 0 Å². The SMILES string of the molecule is NCc1ccccc1/[SH]=N/C(=O)Nc1c2c(cc3c1CCC3)CCC2. The second-order valence-corrected chi connectivity index (χ2v) is 7.58. The first-order valence-electron chi connectivity index (χ1n) is 8.93. The second kappa shape index (κ2) is 7.10. The summed E-state index contributed by atoms with van der Waals surface area (Å²) < 4.78 is 4.22. The molecule has 0 atom stereocenters. The Balaban J connectivity index is 1.59. The number of carbonyl (C=O) groups excluding carboxylic acids is 1. The number of fused-ring (bicyclic) bond motifs is 2. The molecule has 0 aliphatic heterocycles. The third kappa shape index (κ3) is 3.26. The third-order valence-electron chi connectivity index (χ3n) is 5.17. The lowest BCUT2D eigenvalue weighted by atomic mass is 9.99. The van der Waals surface area contributed by atoms with Gasteiger partial charge in [-0.25, -0.2) is 4.79 Å². The smallest absolute Gasteiger partial charge is 0.326 e. The number of hydrogen-bond donors (Lipinski definition) is 3. The van der Waals surface area contributed by atoms with Crippen LogP contribution < -0.4 is 11.1 Å². The van der Waals surface area contributed by atoms with Crippen LogP contribution in [0.25, 0.3) is 0 Å². The van der Waals surface area contributed by atoms with Crippen LogP contribution >= 0.6 is 0 Å². The van der Waals surface area contributed by atoms with Crippen molar-refractivity contribution in [1.82, 2.24) is 0 Å². The zero-order valence-electron chi connectivity index (χ0n) is 14.2. The molecule has 0 saturated heterocycles. The van der Waals surface area contributed by atoms with Crippen LogP contribution in [0.5, 0.6) is 0 Å². The van der Waals surface area contributed by atoms with E-state index in [1.165, 1.54) is 35.1 Å². The fourth-order valence-corrected chi connectivity index (χ4v) is 4.67. The van der Waals surface area contributed by atoms with E-state index in [1.807, 2.05) is 24.3 Å². The van der Waals surface area contributed by atoms with Crippen LogP contribution in [-0.4, -0.2) is 6.03 Å². The average Bonchev–Trinajstić information content (AvgIpc) is 3.29. The standard InChI is InChI=1S/C20H23N3OS/c21-12-15-5-1-2-10-18(15)25-23-20(24)22-19-16-8-3-6-13(16)11-14-7-4-9-17(14)19/h1-2,5,10-11,25H,3-4,6-9,12,21H2,(H,22,24). The van der Waals surface area contributed by atoms with Crippen LogP contribution in [0.4, 0.5) is 10.5 Å². The van der Waals surface area contributed by atoms with Gasteiger partial charge in [0.25, 0.3) is 0 Å². The summed E-state index contributed by atoms with van der Waals surface area (Å²) in [5, 5.41) is 3.11. The third-order valence-corrected chi connectivity index (χ3v) is 6.10. The van der Waals surface area contributed by atoms with E-state index in [2.05, 4.69) is 15.7 Å². The molecule has 0 heterocycles. The van der Waals surface area contributed by atoms with Crippen molar-refractivity contribution in [2.45, 2.75) is 50.0 Å². The number of aryl methyl sites for hydroxylation is 2. The van der Waals surface area contributed by atoms with Gasteiger partial charge < -0.3 is 11.1 Å². The van der Waals surface area contributed by atoms with Crippen LogP contribution in [0.3, 0.4) is 0 Å². The van der Waals surface area contributed by atoms with Crippen LogP contribution in [-0.2, 0) is 43.8 Å². The van der Waals surface area contributed by atoms with E-state index < -0.39 is 0 Å². The van der Waals surface area contributed by atoms with E-state index in [4.69, 9.17) is 5.73 Å². The number of thiol groups is 1. The molecule has 4 nitrogen and oxygen atoms in total. The first-order chi connectivity index (χ1) is 12.3. The van der Waals surface area contributed by atoms with Crippen molar-refractivity contribution in [2.75, 3.05) is 5.32 Å². The molecule has 0 saturated carbocycles. The summed E-state index contributed by atoms with van der Waals surface area (Å²) in [6, 6.07) is 9.96. The molecule has 0 radical (unpaired) electrons. The van der Waals surface area contributed by atoms with Crippen molar-refractivity contribution in [3.05, 3.63) is 58.1 Å². The Morgan fingerprint density at radius 2 is 1.76 bits per heavy atom. The molecule has 130 valence electrons. The number of hydrogen-bond acceptors (Lipinski definition) is 2. The number of carbonyl (C=O) groups is 1. The summed E-state index contributed by atoms with van der Waals surface area (Å²) in [5.74, 6) is 0. The maximum Gasteiger partial charge on any atom is 0.351 e. The van der Waals surface area contributed by atoms with Crippen LogP contribution in [0.1, 0.15) is 40.7 Å². The number of amides is 2. The van der Waals surface area contributed by atoms with Gasteiger partial charge in [0.1, 0.15) is 0 Å². The first kappa shape index (κ1) is 16.5. The van der Waals surface area contributed by atoms with Gasteiger partial charge in [-0.15, -0.1) is 0 Å². The molecule has 5 heteroatoms. The van der Waals surface area contributed by atoms with Crippen molar-refractivity contribution in [2.24, 2.45) is 10.1 Å². The van der Waals surface area contributed by atoms with Crippen molar-refractivity contribution in [1.29, 1.82) is 0 Å². The summed E-state index contributed by atoms with van der Waals surface area (Å²) in [5.41, 5.74) is 13.4. The van der Waals surface area contributed by atoms with Crippen LogP contribution in [0, 0.1) is 0 Å². The number of benzene rings is 2. The quantitative estimate of drug-likeness (QED) is 0.736. The number of urea groups is 1. The molecule has 0 fully saturated rings. The van der Waals surface area contributed by atoms with Gasteiger partial charge in [-0.2, -0.15) is 4.36 Å². The van der Waals surface area contributed by atoms with Gasteiger partial charge in [-0.1, -0.05) is 35.8 Å². The molecular formula is C20H23N3OS. The highest BCUT2D eigenvalue weighted by Crippen LogP contribution is 2.38. The van der Waals surface area contributed by atoms with E-state index >= 15 is 0 Å². The minimum Gasteiger partial charge on any atom is -0.326 e. The molecule has 0 aromatic heterocycles. The summed E-state index contributed by atoms with van der Waals surface area (Å²) in [6.07, 6.45) is 6.74. The zero-order valence-corrected chi connectivity index (χ0v) is 15.1. The van der Waals surface area contributed by atoms with Crippen molar-refractivity contribution < 1.29 is 4.79 Å². The lowest BCUT2D eigenvalue weighted by molar-refractivity contribution is 0.260. The van der Waals surface area contributed by atoms with Crippen LogP contribution in [0.2, 0.25) is 0 Å². The summed E-state index contributed by atoms with van der Waals surface area (Å²) in [7, 11) is 0. The van der Waals surface area contributed by atoms with Crippen molar-refractivity contribution in [3.63, 3.8) is 0 Å². The average molecular weight is 353 g/mol. The van der Waals surface area contributed by atoms with E-state index in [0.29, 0.717) is 18.1 Å². The normalized spacial score (nSPS) is 15.7. The monoisotopic (exact) mass is 353 g/mol. The van der Waals surface area contributed by atoms with E-state index in [1.54, 1.807) is 0 Å². The number of rotatable bonds is 3. The lowest BCUT2D eigenvalue weighted by Gasteiger charge is -2.14. The zero-order chi connectivity index (χ0) is 17.2.